The highest BCUT2D eigenvalue weighted by Crippen LogP contribution is 2.24. The van der Waals surface area contributed by atoms with Gasteiger partial charge in [-0.1, -0.05) is 0 Å². The maximum Gasteiger partial charge on any atom is 0.125 e. The van der Waals surface area contributed by atoms with Gasteiger partial charge in [-0.15, -0.1) is 11.6 Å². The zero-order chi connectivity index (χ0) is 14.1. The first-order chi connectivity index (χ1) is 9.69. The fraction of sp³-hybridized carbons (Fsp3) is 0.286. The molecule has 0 spiro atoms. The van der Waals surface area contributed by atoms with Gasteiger partial charge in [0.25, 0.3) is 0 Å². The highest BCUT2D eigenvalue weighted by Gasteiger charge is 2.16. The first-order valence-corrected chi connectivity index (χ1v) is 6.92. The van der Waals surface area contributed by atoms with Crippen molar-refractivity contribution in [1.29, 1.82) is 0 Å². The van der Waals surface area contributed by atoms with Crippen LogP contribution in [0.4, 0.5) is 4.39 Å². The van der Waals surface area contributed by atoms with Gasteiger partial charge in [-0.25, -0.2) is 9.37 Å². The second-order valence-corrected chi connectivity index (χ2v) is 5.01. The summed E-state index contributed by atoms with van der Waals surface area (Å²) < 4.78 is 17.2. The molecule has 0 radical (unpaired) electrons. The highest BCUT2D eigenvalue weighted by molar-refractivity contribution is 6.16. The van der Waals surface area contributed by atoms with Gasteiger partial charge in [0.15, 0.2) is 0 Å². The van der Waals surface area contributed by atoms with Crippen LogP contribution in [0, 0.1) is 5.82 Å². The first-order valence-electron chi connectivity index (χ1n) is 6.39. The number of nitrogens with zero attached hydrogens (tertiary/aromatic N) is 4. The SMILES string of the molecule is CC(Cn1cccn1)n1c(CCl)nc2cc(F)ccc21. The lowest BCUT2D eigenvalue weighted by molar-refractivity contribution is 0.438. The van der Waals surface area contributed by atoms with Crippen LogP contribution in [-0.4, -0.2) is 19.3 Å². The predicted molar refractivity (Wildman–Crippen MR) is 76.2 cm³/mol. The molecule has 0 bridgehead atoms. The van der Waals surface area contributed by atoms with E-state index in [0.29, 0.717) is 17.9 Å². The molecule has 0 aliphatic carbocycles. The molecule has 3 rings (SSSR count). The number of aromatic nitrogens is 4. The van der Waals surface area contributed by atoms with Gasteiger partial charge in [-0.05, 0) is 25.1 Å². The topological polar surface area (TPSA) is 35.6 Å². The number of benzene rings is 1. The Kier molecular flexibility index (Phi) is 3.44. The Morgan fingerprint density at radius 3 is 2.95 bits per heavy atom. The molecule has 1 unspecified atom stereocenters. The van der Waals surface area contributed by atoms with E-state index in [0.717, 1.165) is 11.3 Å². The molecule has 0 amide bonds. The molecule has 1 aromatic carbocycles. The molecule has 2 heterocycles. The smallest absolute Gasteiger partial charge is 0.125 e. The minimum absolute atomic E-state index is 0.124. The van der Waals surface area contributed by atoms with Crippen molar-refractivity contribution in [2.24, 2.45) is 0 Å². The molecule has 0 fully saturated rings. The van der Waals surface area contributed by atoms with Crippen LogP contribution in [0.5, 0.6) is 0 Å². The molecule has 0 saturated carbocycles. The molecule has 3 aromatic rings. The number of hydrogen-bond donors (Lipinski definition) is 0. The zero-order valence-electron chi connectivity index (χ0n) is 11.0. The summed E-state index contributed by atoms with van der Waals surface area (Å²) in [6.07, 6.45) is 3.66. The first kappa shape index (κ1) is 13.1. The predicted octanol–water partition coefficient (Wildman–Crippen LogP) is 3.37. The summed E-state index contributed by atoms with van der Waals surface area (Å²) in [7, 11) is 0. The van der Waals surface area contributed by atoms with E-state index in [4.69, 9.17) is 11.6 Å². The van der Waals surface area contributed by atoms with E-state index in [1.807, 2.05) is 21.5 Å². The number of hydrogen-bond acceptors (Lipinski definition) is 2. The molecule has 1 atom stereocenters. The van der Waals surface area contributed by atoms with Crippen LogP contribution in [0.2, 0.25) is 0 Å². The highest BCUT2D eigenvalue weighted by atomic mass is 35.5. The molecule has 6 heteroatoms. The van der Waals surface area contributed by atoms with Gasteiger partial charge in [0.05, 0.1) is 29.5 Å². The Bertz CT molecular complexity index is 720. The van der Waals surface area contributed by atoms with Gasteiger partial charge in [-0.3, -0.25) is 4.68 Å². The Balaban J connectivity index is 2.04. The third-order valence-corrected chi connectivity index (χ3v) is 3.53. The molecular weight excluding hydrogens is 279 g/mol. The molecule has 20 heavy (non-hydrogen) atoms. The zero-order valence-corrected chi connectivity index (χ0v) is 11.8. The molecule has 104 valence electrons. The fourth-order valence-corrected chi connectivity index (χ4v) is 2.66. The van der Waals surface area contributed by atoms with Crippen LogP contribution >= 0.6 is 11.6 Å². The molecule has 4 nitrogen and oxygen atoms in total. The van der Waals surface area contributed by atoms with E-state index < -0.39 is 0 Å². The van der Waals surface area contributed by atoms with E-state index in [1.54, 1.807) is 12.3 Å². The van der Waals surface area contributed by atoms with Crippen LogP contribution in [0.15, 0.2) is 36.7 Å². The van der Waals surface area contributed by atoms with Crippen LogP contribution in [-0.2, 0) is 12.4 Å². The van der Waals surface area contributed by atoms with E-state index >= 15 is 0 Å². The summed E-state index contributed by atoms with van der Waals surface area (Å²) in [6, 6.07) is 6.63. The summed E-state index contributed by atoms with van der Waals surface area (Å²) in [5, 5.41) is 4.21. The number of rotatable bonds is 4. The normalized spacial score (nSPS) is 12.9. The number of halogens is 2. The quantitative estimate of drug-likeness (QED) is 0.691. The van der Waals surface area contributed by atoms with E-state index in [2.05, 4.69) is 17.0 Å². The molecule has 0 N–H and O–H groups in total. The summed E-state index contributed by atoms with van der Waals surface area (Å²) >= 11 is 5.97. The Morgan fingerprint density at radius 1 is 1.40 bits per heavy atom. The third kappa shape index (κ3) is 2.29. The van der Waals surface area contributed by atoms with Crippen molar-refractivity contribution in [1.82, 2.24) is 19.3 Å². The molecule has 0 aliphatic heterocycles. The van der Waals surface area contributed by atoms with Gasteiger partial charge < -0.3 is 4.57 Å². The Labute approximate surface area is 120 Å². The average molecular weight is 293 g/mol. The maximum absolute atomic E-state index is 13.3. The van der Waals surface area contributed by atoms with E-state index in [9.17, 15) is 4.39 Å². The summed E-state index contributed by atoms with van der Waals surface area (Å²) in [5.74, 6) is 0.745. The van der Waals surface area contributed by atoms with Crippen molar-refractivity contribution in [2.45, 2.75) is 25.4 Å². The van der Waals surface area contributed by atoms with Crippen molar-refractivity contribution in [3.63, 3.8) is 0 Å². The molecule has 2 aromatic heterocycles. The average Bonchev–Trinajstić information content (AvgIpc) is 3.04. The van der Waals surface area contributed by atoms with Gasteiger partial charge in [-0.2, -0.15) is 5.10 Å². The standard InChI is InChI=1S/C14H14ClFN4/c1-10(9-19-6-2-5-17-19)20-13-4-3-11(16)7-12(13)18-14(20)8-15/h2-7,10H,8-9H2,1H3. The molecule has 0 saturated heterocycles. The van der Waals surface area contributed by atoms with Crippen molar-refractivity contribution in [3.8, 4) is 0 Å². The lowest BCUT2D eigenvalue weighted by Gasteiger charge is -2.17. The van der Waals surface area contributed by atoms with Crippen molar-refractivity contribution in [2.75, 3.05) is 0 Å². The lowest BCUT2D eigenvalue weighted by atomic mass is 10.2. The Hall–Kier alpha value is -1.88. The number of alkyl halides is 1. The monoisotopic (exact) mass is 292 g/mol. The van der Waals surface area contributed by atoms with Crippen molar-refractivity contribution >= 4 is 22.6 Å². The largest absolute Gasteiger partial charge is 0.322 e. The summed E-state index contributed by atoms with van der Waals surface area (Å²) in [5.41, 5.74) is 1.52. The maximum atomic E-state index is 13.3. The van der Waals surface area contributed by atoms with Gasteiger partial charge in [0, 0.05) is 18.5 Å². The van der Waals surface area contributed by atoms with Crippen LogP contribution in [0.1, 0.15) is 18.8 Å². The third-order valence-electron chi connectivity index (χ3n) is 3.30. The van der Waals surface area contributed by atoms with E-state index in [1.165, 1.54) is 12.1 Å². The number of imidazole rings is 1. The van der Waals surface area contributed by atoms with Crippen LogP contribution in [0.25, 0.3) is 11.0 Å². The van der Waals surface area contributed by atoms with E-state index in [-0.39, 0.29) is 11.9 Å². The Morgan fingerprint density at radius 2 is 2.25 bits per heavy atom. The fourth-order valence-electron chi connectivity index (χ4n) is 2.47. The number of fused-ring (bicyclic) bond motifs is 1. The lowest BCUT2D eigenvalue weighted by Crippen LogP contribution is -2.15. The molecule has 0 aliphatic rings. The molecular formula is C14H14ClFN4. The van der Waals surface area contributed by atoms with Crippen LogP contribution < -0.4 is 0 Å². The minimum atomic E-state index is -0.289. The summed E-state index contributed by atoms with van der Waals surface area (Å²) in [6.45, 7) is 2.78. The second-order valence-electron chi connectivity index (χ2n) is 4.74. The van der Waals surface area contributed by atoms with Crippen molar-refractivity contribution < 1.29 is 4.39 Å². The van der Waals surface area contributed by atoms with Gasteiger partial charge in [0.2, 0.25) is 0 Å². The second kappa shape index (κ2) is 5.25. The van der Waals surface area contributed by atoms with Crippen LogP contribution in [0.3, 0.4) is 0 Å². The summed E-state index contributed by atoms with van der Waals surface area (Å²) in [4.78, 5) is 4.40. The van der Waals surface area contributed by atoms with Crippen molar-refractivity contribution in [3.05, 3.63) is 48.3 Å². The van der Waals surface area contributed by atoms with Gasteiger partial charge in [0.1, 0.15) is 11.6 Å². The van der Waals surface area contributed by atoms with Gasteiger partial charge >= 0.3 is 0 Å². The minimum Gasteiger partial charge on any atom is -0.322 e.